The third kappa shape index (κ3) is 3.13. The average molecular weight is 333 g/mol. The van der Waals surface area contributed by atoms with Crippen molar-refractivity contribution in [1.82, 2.24) is 0 Å². The van der Waals surface area contributed by atoms with Gasteiger partial charge in [-0.25, -0.2) is 0 Å². The van der Waals surface area contributed by atoms with Crippen LogP contribution in [0.4, 0.5) is 0 Å². The van der Waals surface area contributed by atoms with Crippen LogP contribution in [0.15, 0.2) is 97.3 Å². The number of benzene rings is 3. The first kappa shape index (κ1) is 16.5. The van der Waals surface area contributed by atoms with E-state index in [1.165, 1.54) is 21.5 Å². The second-order valence-electron chi connectivity index (χ2n) is 5.69. The fourth-order valence-electron chi connectivity index (χ4n) is 2.81. The Balaban J connectivity index is 2.30. The maximum absolute atomic E-state index is 6.51. The molecule has 0 aliphatic heterocycles. The second-order valence-corrected chi connectivity index (χ2v) is 8.67. The number of aryl methyl sites for hydroxylation is 1. The topological polar surface area (TPSA) is 9.23 Å². The molecule has 0 spiro atoms. The highest BCUT2D eigenvalue weighted by molar-refractivity contribution is 7.91. The maximum atomic E-state index is 6.51. The molecule has 3 rings (SSSR count). The first-order valence-electron chi connectivity index (χ1n) is 8.14. The largest absolute Gasteiger partial charge is 0.342 e. The summed E-state index contributed by atoms with van der Waals surface area (Å²) in [5.74, 6) is 0. The molecule has 0 N–H and O–H groups in total. The van der Waals surface area contributed by atoms with Crippen molar-refractivity contribution in [2.75, 3.05) is 0 Å². The molecule has 0 saturated heterocycles. The van der Waals surface area contributed by atoms with Crippen LogP contribution in [-0.2, 0) is 4.52 Å². The summed E-state index contributed by atoms with van der Waals surface area (Å²) in [5.41, 5.74) is 1.25. The van der Waals surface area contributed by atoms with Gasteiger partial charge in [0, 0.05) is 0 Å². The fraction of sp³-hybridized carbons (Fsp3) is 0.0909. The van der Waals surface area contributed by atoms with Crippen LogP contribution in [-0.4, -0.2) is 0 Å². The van der Waals surface area contributed by atoms with E-state index in [4.69, 9.17) is 4.52 Å². The van der Waals surface area contributed by atoms with Crippen molar-refractivity contribution in [3.8, 4) is 0 Å². The van der Waals surface area contributed by atoms with Crippen molar-refractivity contribution in [2.24, 2.45) is 0 Å². The minimum Gasteiger partial charge on any atom is -0.342 e. The molecule has 0 saturated carbocycles. The Morgan fingerprint density at radius 2 is 1.12 bits per heavy atom. The zero-order valence-corrected chi connectivity index (χ0v) is 15.0. The molecule has 0 bridgehead atoms. The van der Waals surface area contributed by atoms with Crippen molar-refractivity contribution in [3.05, 3.63) is 103 Å². The van der Waals surface area contributed by atoms with Crippen molar-refractivity contribution in [3.63, 3.8) is 0 Å². The van der Waals surface area contributed by atoms with Gasteiger partial charge in [0.2, 0.25) is 0 Å². The lowest BCUT2D eigenvalue weighted by Gasteiger charge is -2.24. The highest BCUT2D eigenvalue weighted by atomic mass is 31.2. The molecule has 3 aromatic rings. The van der Waals surface area contributed by atoms with E-state index in [0.717, 1.165) is 0 Å². The van der Waals surface area contributed by atoms with Crippen molar-refractivity contribution >= 4 is 23.4 Å². The van der Waals surface area contributed by atoms with Crippen LogP contribution in [0, 0.1) is 6.92 Å². The number of hydrogen-bond acceptors (Lipinski definition) is 1. The molecular weight excluding hydrogens is 311 g/mol. The molecule has 0 radical (unpaired) electrons. The van der Waals surface area contributed by atoms with Gasteiger partial charge in [-0.2, -0.15) is 0 Å². The van der Waals surface area contributed by atoms with Gasteiger partial charge in [-0.1, -0.05) is 54.1 Å². The van der Waals surface area contributed by atoms with Crippen LogP contribution in [0.2, 0.25) is 0 Å². The summed E-state index contributed by atoms with van der Waals surface area (Å²) in [4.78, 5) is 0. The summed E-state index contributed by atoms with van der Waals surface area (Å²) in [6.45, 7) is 4.10. The minimum absolute atomic E-state index is 1.22. The third-order valence-electron chi connectivity index (χ3n) is 3.99. The Morgan fingerprint density at radius 3 is 1.58 bits per heavy atom. The maximum Gasteiger partial charge on any atom is 0.286 e. The lowest BCUT2D eigenvalue weighted by molar-refractivity contribution is 0.539. The molecule has 2 heteroatoms. The van der Waals surface area contributed by atoms with Gasteiger partial charge in [0.15, 0.2) is 0 Å². The van der Waals surface area contributed by atoms with Crippen LogP contribution < -0.4 is 15.9 Å². The predicted octanol–water partition coefficient (Wildman–Crippen LogP) is 4.75. The molecule has 0 amide bonds. The quantitative estimate of drug-likeness (QED) is 0.483. The Morgan fingerprint density at radius 1 is 0.667 bits per heavy atom. The fourth-order valence-corrected chi connectivity index (χ4v) is 6.13. The standard InChI is InChI=1S/C22H22OP/c1-3-18-23-24(20-10-6-4-7-11-20,21-12-8-5-9-13-21)22-16-14-19(2)15-17-22/h3-18H,1-2H3/q+1. The Kier molecular flexibility index (Phi) is 5.13. The summed E-state index contributed by atoms with van der Waals surface area (Å²) in [7, 11) is -2.18. The molecule has 24 heavy (non-hydrogen) atoms. The molecule has 120 valence electrons. The minimum atomic E-state index is -2.18. The van der Waals surface area contributed by atoms with Crippen LogP contribution >= 0.6 is 7.49 Å². The molecule has 3 aromatic carbocycles. The monoisotopic (exact) mass is 333 g/mol. The smallest absolute Gasteiger partial charge is 0.286 e. The zero-order valence-electron chi connectivity index (χ0n) is 14.1. The normalized spacial score (nSPS) is 11.6. The van der Waals surface area contributed by atoms with Gasteiger partial charge in [-0.05, 0) is 56.3 Å². The van der Waals surface area contributed by atoms with Crippen molar-refractivity contribution in [1.29, 1.82) is 0 Å². The average Bonchev–Trinajstić information content (AvgIpc) is 2.65. The van der Waals surface area contributed by atoms with Gasteiger partial charge in [-0.3, -0.25) is 0 Å². The molecule has 0 aliphatic carbocycles. The molecule has 0 fully saturated rings. The molecule has 0 aromatic heterocycles. The summed E-state index contributed by atoms with van der Waals surface area (Å²) in [6.07, 6.45) is 3.78. The van der Waals surface area contributed by atoms with Crippen LogP contribution in [0.25, 0.3) is 0 Å². The number of hydrogen-bond donors (Lipinski definition) is 0. The van der Waals surface area contributed by atoms with E-state index in [1.807, 2.05) is 31.4 Å². The Labute approximate surface area is 145 Å². The number of allylic oxidation sites excluding steroid dienone is 1. The highest BCUT2D eigenvalue weighted by Crippen LogP contribution is 2.56. The van der Waals surface area contributed by atoms with Crippen molar-refractivity contribution in [2.45, 2.75) is 13.8 Å². The molecule has 0 atom stereocenters. The van der Waals surface area contributed by atoms with E-state index >= 15 is 0 Å². The summed E-state index contributed by atoms with van der Waals surface area (Å²) in [6, 6.07) is 29.8. The van der Waals surface area contributed by atoms with Crippen molar-refractivity contribution < 1.29 is 4.52 Å². The molecule has 0 aliphatic rings. The number of rotatable bonds is 5. The third-order valence-corrected chi connectivity index (χ3v) is 7.51. The molecule has 1 nitrogen and oxygen atoms in total. The van der Waals surface area contributed by atoms with Gasteiger partial charge < -0.3 is 4.52 Å². The van der Waals surface area contributed by atoms with E-state index in [0.29, 0.717) is 0 Å². The SMILES string of the molecule is CC=CO[P+](c1ccccc1)(c1ccccc1)c1ccc(C)cc1. The van der Waals surface area contributed by atoms with Gasteiger partial charge in [0.05, 0.1) is 0 Å². The summed E-state index contributed by atoms with van der Waals surface area (Å²) >= 11 is 0. The van der Waals surface area contributed by atoms with E-state index in [-0.39, 0.29) is 0 Å². The lowest BCUT2D eigenvalue weighted by Crippen LogP contribution is -2.32. The van der Waals surface area contributed by atoms with E-state index < -0.39 is 7.49 Å². The van der Waals surface area contributed by atoms with Crippen LogP contribution in [0.1, 0.15) is 12.5 Å². The van der Waals surface area contributed by atoms with E-state index in [9.17, 15) is 0 Å². The van der Waals surface area contributed by atoms with Gasteiger partial charge in [0.25, 0.3) is 7.49 Å². The van der Waals surface area contributed by atoms with Gasteiger partial charge >= 0.3 is 0 Å². The van der Waals surface area contributed by atoms with E-state index in [1.54, 1.807) is 0 Å². The van der Waals surface area contributed by atoms with Crippen LogP contribution in [0.5, 0.6) is 0 Å². The molecular formula is C22H22OP+. The van der Waals surface area contributed by atoms with E-state index in [2.05, 4.69) is 79.7 Å². The summed E-state index contributed by atoms with van der Waals surface area (Å²) in [5, 5.41) is 3.67. The second kappa shape index (κ2) is 7.47. The molecule has 0 unspecified atom stereocenters. The summed E-state index contributed by atoms with van der Waals surface area (Å²) < 4.78 is 6.51. The zero-order chi connectivity index (χ0) is 16.8. The lowest BCUT2D eigenvalue weighted by atomic mass is 10.2. The Bertz CT molecular complexity index is 753. The predicted molar refractivity (Wildman–Crippen MR) is 106 cm³/mol. The first-order chi connectivity index (χ1) is 11.8. The Hall–Kier alpha value is -2.37. The molecule has 0 heterocycles. The highest BCUT2D eigenvalue weighted by Gasteiger charge is 2.48. The van der Waals surface area contributed by atoms with Crippen LogP contribution in [0.3, 0.4) is 0 Å². The van der Waals surface area contributed by atoms with Gasteiger partial charge in [0.1, 0.15) is 22.2 Å². The first-order valence-corrected chi connectivity index (χ1v) is 9.85. The van der Waals surface area contributed by atoms with Gasteiger partial charge in [-0.15, -0.1) is 0 Å².